The normalized spacial score (nSPS) is 12.6. The van der Waals surface area contributed by atoms with Crippen LogP contribution in [0.2, 0.25) is 5.02 Å². The van der Waals surface area contributed by atoms with Crippen LogP contribution in [0.25, 0.3) is 0 Å². The Hall–Kier alpha value is -1.13. The number of hydrogen-bond donors (Lipinski definition) is 2. The molecule has 128 valence electrons. The Morgan fingerprint density at radius 3 is 2.33 bits per heavy atom. The van der Waals surface area contributed by atoms with Crippen LogP contribution in [0.3, 0.4) is 0 Å². The van der Waals surface area contributed by atoms with Gasteiger partial charge in [0, 0.05) is 5.69 Å². The van der Waals surface area contributed by atoms with Crippen LogP contribution in [0.4, 0.5) is 5.69 Å². The lowest BCUT2D eigenvalue weighted by Crippen LogP contribution is -2.49. The Bertz CT molecular complexity index is 744. The number of amides is 1. The van der Waals surface area contributed by atoms with Crippen molar-refractivity contribution in [1.29, 1.82) is 0 Å². The van der Waals surface area contributed by atoms with Gasteiger partial charge in [-0.3, -0.25) is 4.79 Å². The second kappa shape index (κ2) is 7.83. The van der Waals surface area contributed by atoms with Gasteiger partial charge in [-0.2, -0.15) is 0 Å². The number of carbonyl (C=O) groups is 1. The first-order chi connectivity index (χ1) is 11.2. The fourth-order valence-electron chi connectivity index (χ4n) is 2.18. The molecule has 2 rings (SSSR count). The molecular weight excluding hydrogens is 390 g/mol. The maximum Gasteiger partial charge on any atom is 0.254 e. The molecule has 3 nitrogen and oxygen atoms in total. The van der Waals surface area contributed by atoms with Gasteiger partial charge in [-0.15, -0.1) is 0 Å². The maximum absolute atomic E-state index is 12.4. The lowest BCUT2D eigenvalue weighted by atomic mass is 10.1. The first-order valence-corrected chi connectivity index (χ1v) is 8.65. The summed E-state index contributed by atoms with van der Waals surface area (Å²) in [4.78, 5) is 12.4. The molecule has 0 fully saturated rings. The zero-order valence-corrected chi connectivity index (χ0v) is 16.1. The predicted molar refractivity (Wildman–Crippen MR) is 103 cm³/mol. The van der Waals surface area contributed by atoms with Crippen molar-refractivity contribution in [3.63, 3.8) is 0 Å². The molecule has 2 aromatic carbocycles. The van der Waals surface area contributed by atoms with Crippen LogP contribution in [-0.2, 0) is 0 Å². The number of anilines is 1. The fourth-order valence-corrected chi connectivity index (χ4v) is 2.73. The number of carbonyl (C=O) groups excluding carboxylic acids is 1. The SMILES string of the molecule is Cc1ccc(NC(NC(=O)c2ccccc2Cl)C(Cl)(Cl)Cl)c(C)c1. The molecule has 0 bridgehead atoms. The Kier molecular flexibility index (Phi) is 6.27. The highest BCUT2D eigenvalue weighted by Crippen LogP contribution is 2.32. The molecule has 1 unspecified atom stereocenters. The van der Waals surface area contributed by atoms with Gasteiger partial charge in [0.25, 0.3) is 5.91 Å². The van der Waals surface area contributed by atoms with Crippen LogP contribution in [0.1, 0.15) is 21.5 Å². The number of hydrogen-bond acceptors (Lipinski definition) is 2. The van der Waals surface area contributed by atoms with E-state index in [9.17, 15) is 4.79 Å². The Morgan fingerprint density at radius 2 is 1.75 bits per heavy atom. The molecule has 0 saturated heterocycles. The summed E-state index contributed by atoms with van der Waals surface area (Å²) in [5.74, 6) is -0.436. The first kappa shape index (κ1) is 19.2. The second-order valence-electron chi connectivity index (χ2n) is 5.39. The first-order valence-electron chi connectivity index (χ1n) is 7.14. The second-order valence-corrected chi connectivity index (χ2v) is 8.17. The smallest absolute Gasteiger partial charge is 0.254 e. The number of rotatable bonds is 4. The highest BCUT2D eigenvalue weighted by Gasteiger charge is 2.34. The van der Waals surface area contributed by atoms with E-state index in [1.165, 1.54) is 0 Å². The Balaban J connectivity index is 2.23. The molecular formula is C17H16Cl4N2O. The molecule has 1 amide bonds. The van der Waals surface area contributed by atoms with Crippen molar-refractivity contribution in [2.24, 2.45) is 0 Å². The lowest BCUT2D eigenvalue weighted by Gasteiger charge is -2.28. The summed E-state index contributed by atoms with van der Waals surface area (Å²) in [7, 11) is 0. The molecule has 0 spiro atoms. The van der Waals surface area contributed by atoms with E-state index >= 15 is 0 Å². The minimum atomic E-state index is -1.76. The summed E-state index contributed by atoms with van der Waals surface area (Å²) in [5.41, 5.74) is 3.15. The van der Waals surface area contributed by atoms with E-state index in [0.29, 0.717) is 10.6 Å². The maximum atomic E-state index is 12.4. The minimum absolute atomic E-state index is 0.306. The number of aryl methyl sites for hydroxylation is 2. The van der Waals surface area contributed by atoms with Gasteiger partial charge in [0.05, 0.1) is 10.6 Å². The zero-order chi connectivity index (χ0) is 17.9. The molecule has 0 radical (unpaired) electrons. The molecule has 0 heterocycles. The third kappa shape index (κ3) is 4.93. The molecule has 0 aromatic heterocycles. The number of alkyl halides is 3. The fraction of sp³-hybridized carbons (Fsp3) is 0.235. The van der Waals surface area contributed by atoms with Crippen LogP contribution in [-0.4, -0.2) is 15.9 Å². The lowest BCUT2D eigenvalue weighted by molar-refractivity contribution is 0.0942. The highest BCUT2D eigenvalue weighted by atomic mass is 35.6. The van der Waals surface area contributed by atoms with Crippen molar-refractivity contribution in [2.45, 2.75) is 23.8 Å². The molecule has 24 heavy (non-hydrogen) atoms. The molecule has 0 aliphatic carbocycles. The van der Waals surface area contributed by atoms with Crippen molar-refractivity contribution < 1.29 is 4.79 Å². The summed E-state index contributed by atoms with van der Waals surface area (Å²) in [5, 5.41) is 6.06. The van der Waals surface area contributed by atoms with Crippen LogP contribution in [0.5, 0.6) is 0 Å². The van der Waals surface area contributed by atoms with Crippen molar-refractivity contribution >= 4 is 58.0 Å². The van der Waals surface area contributed by atoms with E-state index in [0.717, 1.165) is 16.8 Å². The Labute approximate surface area is 161 Å². The topological polar surface area (TPSA) is 41.1 Å². The number of nitrogens with one attached hydrogen (secondary N) is 2. The van der Waals surface area contributed by atoms with E-state index in [1.54, 1.807) is 24.3 Å². The van der Waals surface area contributed by atoms with Gasteiger partial charge in [-0.05, 0) is 37.6 Å². The van der Waals surface area contributed by atoms with Crippen LogP contribution >= 0.6 is 46.4 Å². The monoisotopic (exact) mass is 404 g/mol. The standard InChI is InChI=1S/C17H16Cl4N2O/c1-10-7-8-14(11(2)9-10)22-16(17(19,20)21)23-15(24)12-5-3-4-6-13(12)18/h3-9,16,22H,1-2H3,(H,23,24). The molecule has 0 saturated carbocycles. The highest BCUT2D eigenvalue weighted by molar-refractivity contribution is 6.68. The van der Waals surface area contributed by atoms with E-state index in [2.05, 4.69) is 10.6 Å². The zero-order valence-electron chi connectivity index (χ0n) is 13.0. The summed E-state index contributed by atoms with van der Waals surface area (Å²) in [6.07, 6.45) is -0.937. The number of halogens is 4. The summed E-state index contributed by atoms with van der Waals surface area (Å²) < 4.78 is -1.76. The van der Waals surface area contributed by atoms with E-state index in [1.807, 2.05) is 32.0 Å². The van der Waals surface area contributed by atoms with Gasteiger partial charge in [-0.1, -0.05) is 76.2 Å². The molecule has 0 aliphatic rings. The summed E-state index contributed by atoms with van der Waals surface area (Å²) in [6, 6.07) is 12.5. The third-order valence-electron chi connectivity index (χ3n) is 3.40. The largest absolute Gasteiger partial charge is 0.362 e. The predicted octanol–water partition coefficient (Wildman–Crippen LogP) is 5.50. The van der Waals surface area contributed by atoms with Crippen LogP contribution in [0, 0.1) is 13.8 Å². The van der Waals surface area contributed by atoms with E-state index < -0.39 is 15.9 Å². The molecule has 0 aliphatic heterocycles. The van der Waals surface area contributed by atoms with Crippen molar-refractivity contribution in [2.75, 3.05) is 5.32 Å². The Morgan fingerprint density at radius 1 is 1.08 bits per heavy atom. The van der Waals surface area contributed by atoms with Crippen molar-refractivity contribution in [3.05, 3.63) is 64.2 Å². The average Bonchev–Trinajstić information content (AvgIpc) is 2.48. The van der Waals surface area contributed by atoms with Crippen molar-refractivity contribution in [1.82, 2.24) is 5.32 Å². The van der Waals surface area contributed by atoms with Gasteiger partial charge in [-0.25, -0.2) is 0 Å². The molecule has 1 atom stereocenters. The summed E-state index contributed by atoms with van der Waals surface area (Å²) >= 11 is 24.1. The molecule has 7 heteroatoms. The van der Waals surface area contributed by atoms with E-state index in [-0.39, 0.29) is 0 Å². The van der Waals surface area contributed by atoms with Gasteiger partial charge in [0.1, 0.15) is 6.17 Å². The minimum Gasteiger partial charge on any atom is -0.362 e. The summed E-state index contributed by atoms with van der Waals surface area (Å²) in [6.45, 7) is 3.92. The van der Waals surface area contributed by atoms with Gasteiger partial charge in [0.2, 0.25) is 3.79 Å². The number of benzene rings is 2. The molecule has 2 N–H and O–H groups in total. The van der Waals surface area contributed by atoms with Gasteiger partial charge < -0.3 is 10.6 Å². The van der Waals surface area contributed by atoms with Crippen LogP contribution in [0.15, 0.2) is 42.5 Å². The third-order valence-corrected chi connectivity index (χ3v) is 4.39. The van der Waals surface area contributed by atoms with Crippen LogP contribution < -0.4 is 10.6 Å². The quantitative estimate of drug-likeness (QED) is 0.521. The molecule has 2 aromatic rings. The average molecular weight is 406 g/mol. The van der Waals surface area contributed by atoms with Gasteiger partial charge in [0.15, 0.2) is 0 Å². The van der Waals surface area contributed by atoms with Gasteiger partial charge >= 0.3 is 0 Å². The van der Waals surface area contributed by atoms with Crippen molar-refractivity contribution in [3.8, 4) is 0 Å². The van der Waals surface area contributed by atoms with E-state index in [4.69, 9.17) is 46.4 Å².